The molecule has 2 atom stereocenters. The predicted octanol–water partition coefficient (Wildman–Crippen LogP) is 3.10. The first-order valence-electron chi connectivity index (χ1n) is 7.45. The van der Waals surface area contributed by atoms with E-state index in [9.17, 15) is 36.2 Å². The molecule has 2 unspecified atom stereocenters. The number of esters is 1. The molecular formula is C17H11F6NO3. The van der Waals surface area contributed by atoms with Crippen LogP contribution in [0.15, 0.2) is 42.1 Å². The van der Waals surface area contributed by atoms with Gasteiger partial charge >= 0.3 is 12.1 Å². The second-order valence-corrected chi connectivity index (χ2v) is 6.04. The monoisotopic (exact) mass is 391 g/mol. The first kappa shape index (κ1) is 19.0. The van der Waals surface area contributed by atoms with Crippen molar-refractivity contribution < 1.29 is 41.0 Å². The fraction of sp³-hybridized carbons (Fsp3) is 0.235. The molecule has 0 aliphatic carbocycles. The van der Waals surface area contributed by atoms with E-state index in [4.69, 9.17) is 0 Å². The fourth-order valence-corrected chi connectivity index (χ4v) is 3.14. The molecule has 2 aliphatic heterocycles. The van der Waals surface area contributed by atoms with Gasteiger partial charge in [0.25, 0.3) is 0 Å². The highest BCUT2D eigenvalue weighted by Gasteiger charge is 2.64. The van der Waals surface area contributed by atoms with E-state index >= 15 is 0 Å². The lowest BCUT2D eigenvalue weighted by Gasteiger charge is -2.39. The summed E-state index contributed by atoms with van der Waals surface area (Å²) in [6.07, 6.45) is -1.52. The molecule has 0 aromatic heterocycles. The minimum absolute atomic E-state index is 0.202. The van der Waals surface area contributed by atoms with Crippen molar-refractivity contribution in [3.63, 3.8) is 0 Å². The Morgan fingerprint density at radius 2 is 1.70 bits per heavy atom. The average molecular weight is 391 g/mol. The molecule has 4 nitrogen and oxygen atoms in total. The molecule has 0 fully saturated rings. The maximum atomic E-state index is 14.2. The first-order valence-corrected chi connectivity index (χ1v) is 7.45. The molecule has 2 N–H and O–H groups in total. The Balaban J connectivity index is 2.43. The van der Waals surface area contributed by atoms with E-state index in [0.29, 0.717) is 6.08 Å². The van der Waals surface area contributed by atoms with Gasteiger partial charge in [0, 0.05) is 19.1 Å². The van der Waals surface area contributed by atoms with Crippen molar-refractivity contribution in [3.8, 4) is 0 Å². The number of hydrogen-bond acceptors (Lipinski definition) is 4. The summed E-state index contributed by atoms with van der Waals surface area (Å²) in [5.74, 6) is -9.02. The lowest BCUT2D eigenvalue weighted by molar-refractivity contribution is -0.199. The lowest BCUT2D eigenvalue weighted by atomic mass is 9.79. The third kappa shape index (κ3) is 2.80. The normalized spacial score (nSPS) is 27.8. The van der Waals surface area contributed by atoms with E-state index < -0.39 is 57.6 Å². The summed E-state index contributed by atoms with van der Waals surface area (Å²) in [6, 6.07) is 0.404. The van der Waals surface area contributed by atoms with Gasteiger partial charge in [-0.25, -0.2) is 18.0 Å². The van der Waals surface area contributed by atoms with Crippen LogP contribution in [0.1, 0.15) is 12.5 Å². The molecule has 27 heavy (non-hydrogen) atoms. The van der Waals surface area contributed by atoms with Gasteiger partial charge in [0.2, 0.25) is 5.79 Å². The van der Waals surface area contributed by atoms with Gasteiger partial charge in [0.15, 0.2) is 5.54 Å². The van der Waals surface area contributed by atoms with Gasteiger partial charge in [-0.05, 0) is 18.4 Å². The topological polar surface area (TPSA) is 58.6 Å². The average Bonchev–Trinajstić information content (AvgIpc) is 2.75. The number of allylic oxidation sites excluding steroid dienone is 2. The molecule has 1 aromatic rings. The molecule has 3 rings (SSSR count). The maximum Gasteiger partial charge on any atom is 0.419 e. The number of ether oxygens (including phenoxy) is 1. The molecule has 10 heteroatoms. The Morgan fingerprint density at radius 3 is 2.19 bits per heavy atom. The van der Waals surface area contributed by atoms with Crippen LogP contribution in [0.3, 0.4) is 0 Å². The molecule has 144 valence electrons. The SMILES string of the molecule is CC1(O)OC(=O)C(c2c(F)cc(F)cc2F)=C1C1(C(F)(F)F)C=CC=CN1. The number of nitrogens with one attached hydrogen (secondary N) is 1. The van der Waals surface area contributed by atoms with E-state index in [-0.39, 0.29) is 12.1 Å². The highest BCUT2D eigenvalue weighted by atomic mass is 19.4. The molecule has 2 heterocycles. The largest absolute Gasteiger partial charge is 0.426 e. The van der Waals surface area contributed by atoms with Crippen LogP contribution >= 0.6 is 0 Å². The highest BCUT2D eigenvalue weighted by Crippen LogP contribution is 2.50. The maximum absolute atomic E-state index is 14.2. The second-order valence-electron chi connectivity index (χ2n) is 6.04. The number of rotatable bonds is 2. The summed E-state index contributed by atoms with van der Waals surface area (Å²) in [4.78, 5) is 12.2. The van der Waals surface area contributed by atoms with E-state index in [1.807, 2.05) is 5.32 Å². The van der Waals surface area contributed by atoms with Crippen LogP contribution in [0.4, 0.5) is 26.3 Å². The Bertz CT molecular complexity index is 893. The standard InChI is InChI=1S/C17H11F6NO3/c1-15(26)13(16(17(21,22)23)4-2-3-5-24-16)12(14(25)27-15)11-9(19)6-8(18)7-10(11)20/h2-7,24,26H,1H3. The molecular weight excluding hydrogens is 380 g/mol. The number of aliphatic hydroxyl groups is 1. The van der Waals surface area contributed by atoms with Crippen LogP contribution < -0.4 is 5.32 Å². The molecule has 2 aliphatic rings. The Hall–Kier alpha value is -2.75. The Morgan fingerprint density at radius 1 is 1.11 bits per heavy atom. The van der Waals surface area contributed by atoms with Gasteiger partial charge in [0.05, 0.1) is 16.7 Å². The Kier molecular flexibility index (Phi) is 4.14. The van der Waals surface area contributed by atoms with Crippen molar-refractivity contribution in [2.45, 2.75) is 24.4 Å². The molecule has 0 amide bonds. The van der Waals surface area contributed by atoms with Crippen LogP contribution in [0.5, 0.6) is 0 Å². The van der Waals surface area contributed by atoms with Crippen molar-refractivity contribution >= 4 is 11.5 Å². The molecule has 0 bridgehead atoms. The second kappa shape index (κ2) is 5.88. The predicted molar refractivity (Wildman–Crippen MR) is 80.2 cm³/mol. The number of carbonyl (C=O) groups excluding carboxylic acids is 1. The first-order chi connectivity index (χ1) is 12.4. The number of halogens is 6. The van der Waals surface area contributed by atoms with E-state index in [1.165, 1.54) is 6.08 Å². The summed E-state index contributed by atoms with van der Waals surface area (Å²) in [5.41, 5.74) is -6.78. The molecule has 0 saturated heterocycles. The van der Waals surface area contributed by atoms with Crippen molar-refractivity contribution in [1.29, 1.82) is 0 Å². The summed E-state index contributed by atoms with van der Waals surface area (Å²) in [6.45, 7) is 0.730. The minimum atomic E-state index is -5.15. The van der Waals surface area contributed by atoms with Gasteiger partial charge in [-0.3, -0.25) is 0 Å². The molecule has 0 saturated carbocycles. The summed E-state index contributed by atoms with van der Waals surface area (Å²) in [7, 11) is 0. The zero-order valence-corrected chi connectivity index (χ0v) is 13.5. The Labute approximate surface area is 148 Å². The number of alkyl halides is 3. The molecule has 1 aromatic carbocycles. The number of benzene rings is 1. The third-order valence-corrected chi connectivity index (χ3v) is 4.17. The highest BCUT2D eigenvalue weighted by molar-refractivity contribution is 6.20. The third-order valence-electron chi connectivity index (χ3n) is 4.17. The van der Waals surface area contributed by atoms with E-state index in [2.05, 4.69) is 4.74 Å². The van der Waals surface area contributed by atoms with Crippen LogP contribution in [-0.2, 0) is 9.53 Å². The molecule has 0 radical (unpaired) electrons. The zero-order valence-electron chi connectivity index (χ0n) is 13.5. The van der Waals surface area contributed by atoms with Gasteiger partial charge < -0.3 is 15.2 Å². The van der Waals surface area contributed by atoms with Crippen LogP contribution in [0.25, 0.3) is 5.57 Å². The van der Waals surface area contributed by atoms with Crippen LogP contribution in [0, 0.1) is 17.5 Å². The van der Waals surface area contributed by atoms with Crippen LogP contribution in [-0.4, -0.2) is 28.6 Å². The van der Waals surface area contributed by atoms with Crippen molar-refractivity contribution in [3.05, 3.63) is 65.1 Å². The van der Waals surface area contributed by atoms with Crippen molar-refractivity contribution in [1.82, 2.24) is 5.32 Å². The number of dihydropyridines is 1. The smallest absolute Gasteiger partial charge is 0.419 e. The van der Waals surface area contributed by atoms with Gasteiger partial charge in [-0.1, -0.05) is 6.08 Å². The molecule has 0 spiro atoms. The minimum Gasteiger partial charge on any atom is -0.426 e. The van der Waals surface area contributed by atoms with Crippen molar-refractivity contribution in [2.24, 2.45) is 0 Å². The summed E-state index contributed by atoms with van der Waals surface area (Å²) in [5, 5.41) is 12.3. The summed E-state index contributed by atoms with van der Waals surface area (Å²) < 4.78 is 88.1. The number of hydrogen-bond donors (Lipinski definition) is 2. The fourth-order valence-electron chi connectivity index (χ4n) is 3.14. The van der Waals surface area contributed by atoms with E-state index in [0.717, 1.165) is 19.2 Å². The van der Waals surface area contributed by atoms with Gasteiger partial charge in [0.1, 0.15) is 17.5 Å². The quantitative estimate of drug-likeness (QED) is 0.601. The number of cyclic esters (lactones) is 1. The lowest BCUT2D eigenvalue weighted by Crippen LogP contribution is -2.59. The van der Waals surface area contributed by atoms with Gasteiger partial charge in [-0.15, -0.1) is 0 Å². The summed E-state index contributed by atoms with van der Waals surface area (Å²) >= 11 is 0. The van der Waals surface area contributed by atoms with Crippen molar-refractivity contribution in [2.75, 3.05) is 0 Å². The van der Waals surface area contributed by atoms with E-state index in [1.54, 1.807) is 0 Å². The number of carbonyl (C=O) groups is 1. The van der Waals surface area contributed by atoms with Crippen LogP contribution in [0.2, 0.25) is 0 Å². The van der Waals surface area contributed by atoms with Gasteiger partial charge in [-0.2, -0.15) is 13.2 Å². The zero-order chi connectivity index (χ0) is 20.2.